The summed E-state index contributed by atoms with van der Waals surface area (Å²) in [5, 5.41) is 0. The fourth-order valence-electron chi connectivity index (χ4n) is 4.44. The van der Waals surface area contributed by atoms with Crippen LogP contribution in [0, 0.1) is 11.3 Å². The zero-order valence-corrected chi connectivity index (χ0v) is 14.0. The van der Waals surface area contributed by atoms with Gasteiger partial charge in [-0.05, 0) is 62.6 Å². The van der Waals surface area contributed by atoms with Gasteiger partial charge in [-0.15, -0.1) is 0 Å². The summed E-state index contributed by atoms with van der Waals surface area (Å²) in [7, 11) is 0. The standard InChI is InChI=1S/C18H28N4O/c1-7-19-17(20-8-1)22-11-5-18(6-12-22)3-9-21(10-4-18)14-16-2-13-23-15-16/h1,7-8,16H,2-6,9-15H2/t16-/m0/s1. The lowest BCUT2D eigenvalue weighted by Crippen LogP contribution is -2.48. The summed E-state index contributed by atoms with van der Waals surface area (Å²) >= 11 is 0. The van der Waals surface area contributed by atoms with E-state index in [0.717, 1.165) is 38.2 Å². The maximum absolute atomic E-state index is 5.52. The van der Waals surface area contributed by atoms with Crippen molar-refractivity contribution in [2.24, 2.45) is 11.3 Å². The number of anilines is 1. The van der Waals surface area contributed by atoms with E-state index in [-0.39, 0.29) is 0 Å². The Balaban J connectivity index is 1.27. The Hall–Kier alpha value is -1.20. The second kappa shape index (κ2) is 6.73. The van der Waals surface area contributed by atoms with Gasteiger partial charge in [-0.25, -0.2) is 9.97 Å². The fraction of sp³-hybridized carbons (Fsp3) is 0.778. The highest BCUT2D eigenvalue weighted by Gasteiger charge is 2.38. The number of piperidine rings is 2. The molecule has 0 aromatic carbocycles. The van der Waals surface area contributed by atoms with Crippen molar-refractivity contribution in [1.82, 2.24) is 14.9 Å². The van der Waals surface area contributed by atoms with Gasteiger partial charge in [0.05, 0.1) is 6.61 Å². The van der Waals surface area contributed by atoms with Crippen LogP contribution in [0.3, 0.4) is 0 Å². The van der Waals surface area contributed by atoms with Crippen LogP contribution in [0.2, 0.25) is 0 Å². The minimum atomic E-state index is 0.577. The average molecular weight is 316 g/mol. The summed E-state index contributed by atoms with van der Waals surface area (Å²) in [4.78, 5) is 13.8. The van der Waals surface area contributed by atoms with Crippen LogP contribution < -0.4 is 4.90 Å². The second-order valence-electron chi connectivity index (χ2n) is 7.57. The Morgan fingerprint density at radius 3 is 2.39 bits per heavy atom. The summed E-state index contributed by atoms with van der Waals surface area (Å²) in [6, 6.07) is 1.89. The van der Waals surface area contributed by atoms with E-state index < -0.39 is 0 Å². The molecule has 3 aliphatic rings. The molecule has 5 nitrogen and oxygen atoms in total. The summed E-state index contributed by atoms with van der Waals surface area (Å²) in [5.74, 6) is 1.68. The van der Waals surface area contributed by atoms with Crippen molar-refractivity contribution in [3.8, 4) is 0 Å². The first-order chi connectivity index (χ1) is 11.3. The molecule has 3 fully saturated rings. The Kier molecular flexibility index (Phi) is 4.49. The average Bonchev–Trinajstić information content (AvgIpc) is 3.12. The summed E-state index contributed by atoms with van der Waals surface area (Å²) in [5.41, 5.74) is 0.577. The van der Waals surface area contributed by atoms with Gasteiger partial charge in [0.1, 0.15) is 0 Å². The van der Waals surface area contributed by atoms with Gasteiger partial charge in [0.15, 0.2) is 0 Å². The summed E-state index contributed by atoms with van der Waals surface area (Å²) in [6.07, 6.45) is 10.3. The molecule has 1 aromatic heterocycles. The van der Waals surface area contributed by atoms with Crippen molar-refractivity contribution in [1.29, 1.82) is 0 Å². The molecule has 0 unspecified atom stereocenters. The van der Waals surface area contributed by atoms with Gasteiger partial charge in [0.2, 0.25) is 5.95 Å². The van der Waals surface area contributed by atoms with Crippen LogP contribution in [0.15, 0.2) is 18.5 Å². The minimum Gasteiger partial charge on any atom is -0.381 e. The Labute approximate surface area is 139 Å². The molecule has 0 bridgehead atoms. The molecule has 0 saturated carbocycles. The predicted octanol–water partition coefficient (Wildman–Crippen LogP) is 2.20. The van der Waals surface area contributed by atoms with Crippen LogP contribution in [0.1, 0.15) is 32.1 Å². The smallest absolute Gasteiger partial charge is 0.225 e. The zero-order chi connectivity index (χ0) is 15.5. The third kappa shape index (κ3) is 3.50. The first-order valence-corrected chi connectivity index (χ1v) is 9.15. The second-order valence-corrected chi connectivity index (χ2v) is 7.57. The number of likely N-dealkylation sites (tertiary alicyclic amines) is 1. The van der Waals surface area contributed by atoms with Crippen molar-refractivity contribution in [2.45, 2.75) is 32.1 Å². The Morgan fingerprint density at radius 1 is 1.04 bits per heavy atom. The third-order valence-corrected chi connectivity index (χ3v) is 6.12. The number of aromatic nitrogens is 2. The molecule has 3 saturated heterocycles. The molecular formula is C18H28N4O. The highest BCUT2D eigenvalue weighted by Crippen LogP contribution is 2.41. The maximum atomic E-state index is 5.52. The highest BCUT2D eigenvalue weighted by atomic mass is 16.5. The number of nitrogens with zero attached hydrogens (tertiary/aromatic N) is 4. The van der Waals surface area contributed by atoms with Crippen LogP contribution in [-0.2, 0) is 4.74 Å². The van der Waals surface area contributed by atoms with E-state index in [1.807, 2.05) is 18.5 Å². The van der Waals surface area contributed by atoms with Crippen molar-refractivity contribution in [3.63, 3.8) is 0 Å². The van der Waals surface area contributed by atoms with E-state index in [2.05, 4.69) is 19.8 Å². The largest absolute Gasteiger partial charge is 0.381 e. The van der Waals surface area contributed by atoms with E-state index in [4.69, 9.17) is 4.74 Å². The maximum Gasteiger partial charge on any atom is 0.225 e. The van der Waals surface area contributed by atoms with Gasteiger partial charge in [-0.2, -0.15) is 0 Å². The molecule has 0 amide bonds. The van der Waals surface area contributed by atoms with Crippen LogP contribution in [-0.4, -0.2) is 60.8 Å². The van der Waals surface area contributed by atoms with Crippen molar-refractivity contribution in [2.75, 3.05) is 50.8 Å². The van der Waals surface area contributed by atoms with Crippen molar-refractivity contribution in [3.05, 3.63) is 18.5 Å². The van der Waals surface area contributed by atoms with Gasteiger partial charge in [-0.3, -0.25) is 0 Å². The third-order valence-electron chi connectivity index (χ3n) is 6.12. The minimum absolute atomic E-state index is 0.577. The molecule has 0 radical (unpaired) electrons. The van der Waals surface area contributed by atoms with Gasteiger partial charge in [-0.1, -0.05) is 0 Å². The van der Waals surface area contributed by atoms with Crippen LogP contribution in [0.25, 0.3) is 0 Å². The molecule has 5 heteroatoms. The van der Waals surface area contributed by atoms with Crippen LogP contribution >= 0.6 is 0 Å². The molecule has 1 atom stereocenters. The first kappa shape index (κ1) is 15.3. The van der Waals surface area contributed by atoms with Crippen LogP contribution in [0.5, 0.6) is 0 Å². The Bertz CT molecular complexity index is 485. The lowest BCUT2D eigenvalue weighted by molar-refractivity contribution is 0.0681. The van der Waals surface area contributed by atoms with E-state index in [9.17, 15) is 0 Å². The van der Waals surface area contributed by atoms with Gasteiger partial charge in [0, 0.05) is 38.6 Å². The number of rotatable bonds is 3. The number of ether oxygens (including phenoxy) is 1. The predicted molar refractivity (Wildman–Crippen MR) is 90.5 cm³/mol. The molecule has 4 rings (SSSR count). The van der Waals surface area contributed by atoms with Crippen molar-refractivity contribution >= 4 is 5.95 Å². The molecule has 4 heterocycles. The van der Waals surface area contributed by atoms with E-state index in [1.165, 1.54) is 51.7 Å². The van der Waals surface area contributed by atoms with Crippen LogP contribution in [0.4, 0.5) is 5.95 Å². The van der Waals surface area contributed by atoms with Gasteiger partial charge in [0.25, 0.3) is 0 Å². The molecule has 126 valence electrons. The molecular weight excluding hydrogens is 288 g/mol. The SMILES string of the molecule is c1cnc(N2CCC3(CCN(C[C@@H]4CCOC4)CC3)CC2)nc1. The van der Waals surface area contributed by atoms with Gasteiger partial charge >= 0.3 is 0 Å². The molecule has 0 N–H and O–H groups in total. The van der Waals surface area contributed by atoms with E-state index in [1.54, 1.807) is 0 Å². The number of hydrogen-bond acceptors (Lipinski definition) is 5. The quantitative estimate of drug-likeness (QED) is 0.855. The molecule has 1 spiro atoms. The monoisotopic (exact) mass is 316 g/mol. The topological polar surface area (TPSA) is 41.5 Å². The zero-order valence-electron chi connectivity index (χ0n) is 14.0. The Morgan fingerprint density at radius 2 is 1.74 bits per heavy atom. The summed E-state index contributed by atoms with van der Waals surface area (Å²) < 4.78 is 5.52. The molecule has 0 aliphatic carbocycles. The van der Waals surface area contributed by atoms with Gasteiger partial charge < -0.3 is 14.5 Å². The fourth-order valence-corrected chi connectivity index (χ4v) is 4.44. The highest BCUT2D eigenvalue weighted by molar-refractivity contribution is 5.29. The number of hydrogen-bond donors (Lipinski definition) is 0. The summed E-state index contributed by atoms with van der Waals surface area (Å²) in [6.45, 7) is 7.98. The van der Waals surface area contributed by atoms with Crippen molar-refractivity contribution < 1.29 is 4.74 Å². The first-order valence-electron chi connectivity index (χ1n) is 9.15. The lowest BCUT2D eigenvalue weighted by atomic mass is 9.71. The molecule has 1 aromatic rings. The molecule has 23 heavy (non-hydrogen) atoms. The van der Waals surface area contributed by atoms with E-state index >= 15 is 0 Å². The normalized spacial score (nSPS) is 28.3. The molecule has 3 aliphatic heterocycles. The lowest BCUT2D eigenvalue weighted by Gasteiger charge is -2.47. The van der Waals surface area contributed by atoms with E-state index in [0.29, 0.717) is 5.41 Å².